The number of amides is 2. The highest BCUT2D eigenvalue weighted by molar-refractivity contribution is 9.10. The monoisotopic (exact) mass is 344 g/mol. The van der Waals surface area contributed by atoms with Crippen LogP contribution in [0.5, 0.6) is 5.75 Å². The van der Waals surface area contributed by atoms with E-state index in [0.717, 1.165) is 4.47 Å². The maximum atomic E-state index is 11.6. The van der Waals surface area contributed by atoms with Gasteiger partial charge in [0.15, 0.2) is 0 Å². The molecule has 0 radical (unpaired) electrons. The highest BCUT2D eigenvalue weighted by atomic mass is 79.9. The van der Waals surface area contributed by atoms with E-state index in [4.69, 9.17) is 4.74 Å². The van der Waals surface area contributed by atoms with Crippen LogP contribution in [0.4, 0.5) is 4.79 Å². The number of halogens is 1. The van der Waals surface area contributed by atoms with Crippen LogP contribution in [-0.4, -0.2) is 50.8 Å². The molecule has 0 spiro atoms. The third kappa shape index (κ3) is 5.08. The van der Waals surface area contributed by atoms with Crippen LogP contribution in [0.1, 0.15) is 0 Å². The molecule has 0 bridgehead atoms. The van der Waals surface area contributed by atoms with E-state index >= 15 is 0 Å². The van der Waals surface area contributed by atoms with Gasteiger partial charge in [-0.1, -0.05) is 15.9 Å². The van der Waals surface area contributed by atoms with Gasteiger partial charge in [0.1, 0.15) is 5.75 Å². The average Bonchev–Trinajstić information content (AvgIpc) is 2.44. The van der Waals surface area contributed by atoms with Crippen molar-refractivity contribution in [3.63, 3.8) is 0 Å². The van der Waals surface area contributed by atoms with Crippen molar-refractivity contribution in [3.8, 4) is 5.75 Å². The van der Waals surface area contributed by atoms with E-state index in [0.29, 0.717) is 5.75 Å². The molecule has 1 unspecified atom stereocenters. The number of nitrogens with one attached hydrogen (secondary N) is 1. The number of rotatable bonds is 5. The summed E-state index contributed by atoms with van der Waals surface area (Å²) in [5.41, 5.74) is 0. The lowest BCUT2D eigenvalue weighted by molar-refractivity contribution is -0.148. The summed E-state index contributed by atoms with van der Waals surface area (Å²) in [6, 6.07) is 6.71. The van der Waals surface area contributed by atoms with Crippen LogP contribution < -0.4 is 10.1 Å². The second-order valence-corrected chi connectivity index (χ2v) is 5.08. The minimum atomic E-state index is -0.898. The zero-order valence-corrected chi connectivity index (χ0v) is 13.1. The maximum Gasteiger partial charge on any atom is 0.348 e. The molecular formula is C13H17BrN2O4. The molecule has 1 aromatic rings. The molecule has 0 aliphatic rings. The molecule has 110 valence electrons. The number of urea groups is 1. The first kappa shape index (κ1) is 16.3. The number of carbonyl (C=O) groups excluding carboxylic acids is 2. The molecule has 0 aliphatic heterocycles. The van der Waals surface area contributed by atoms with Crippen LogP contribution in [0.15, 0.2) is 28.7 Å². The van der Waals surface area contributed by atoms with E-state index in [2.05, 4.69) is 26.0 Å². The van der Waals surface area contributed by atoms with E-state index in [1.807, 2.05) is 0 Å². The Bertz CT molecular complexity index is 462. The van der Waals surface area contributed by atoms with Crippen LogP contribution in [0.2, 0.25) is 0 Å². The fourth-order valence-corrected chi connectivity index (χ4v) is 1.58. The van der Waals surface area contributed by atoms with Crippen LogP contribution in [0.25, 0.3) is 0 Å². The second-order valence-electron chi connectivity index (χ2n) is 4.16. The predicted molar refractivity (Wildman–Crippen MR) is 77.7 cm³/mol. The smallest absolute Gasteiger partial charge is 0.348 e. The fourth-order valence-electron chi connectivity index (χ4n) is 1.32. The van der Waals surface area contributed by atoms with E-state index in [-0.39, 0.29) is 12.6 Å². The summed E-state index contributed by atoms with van der Waals surface area (Å²) < 4.78 is 11.1. The highest BCUT2D eigenvalue weighted by Crippen LogP contribution is 2.17. The normalized spacial score (nSPS) is 11.4. The number of hydrogen-bond donors (Lipinski definition) is 1. The molecule has 20 heavy (non-hydrogen) atoms. The van der Waals surface area contributed by atoms with Gasteiger partial charge in [-0.05, 0) is 24.3 Å². The van der Waals surface area contributed by atoms with Gasteiger partial charge in [-0.25, -0.2) is 9.59 Å². The van der Waals surface area contributed by atoms with Gasteiger partial charge in [-0.2, -0.15) is 0 Å². The zero-order chi connectivity index (χ0) is 15.1. The number of benzene rings is 1. The van der Waals surface area contributed by atoms with Crippen molar-refractivity contribution in [1.29, 1.82) is 0 Å². The van der Waals surface area contributed by atoms with E-state index in [1.54, 1.807) is 38.4 Å². The molecule has 0 aliphatic carbocycles. The fraction of sp³-hybridized carbons (Fsp3) is 0.385. The van der Waals surface area contributed by atoms with Crippen molar-refractivity contribution in [2.75, 3.05) is 27.7 Å². The Morgan fingerprint density at radius 1 is 1.30 bits per heavy atom. The van der Waals surface area contributed by atoms with Gasteiger partial charge in [0.25, 0.3) is 0 Å². The first-order chi connectivity index (χ1) is 9.43. The van der Waals surface area contributed by atoms with Crippen molar-refractivity contribution in [1.82, 2.24) is 10.2 Å². The highest BCUT2D eigenvalue weighted by Gasteiger charge is 2.22. The molecule has 1 N–H and O–H groups in total. The number of nitrogens with zero attached hydrogens (tertiary/aromatic N) is 1. The maximum absolute atomic E-state index is 11.6. The minimum absolute atomic E-state index is 0.0275. The molecule has 1 aromatic carbocycles. The summed E-state index contributed by atoms with van der Waals surface area (Å²) in [6.07, 6.45) is -0.898. The van der Waals surface area contributed by atoms with E-state index in [9.17, 15) is 9.59 Å². The van der Waals surface area contributed by atoms with Gasteiger partial charge in [0.05, 0.1) is 13.7 Å². The lowest BCUT2D eigenvalue weighted by Crippen LogP contribution is -2.44. The summed E-state index contributed by atoms with van der Waals surface area (Å²) in [4.78, 5) is 24.5. The van der Waals surface area contributed by atoms with Gasteiger partial charge in [0.2, 0.25) is 6.10 Å². The number of carbonyl (C=O) groups is 2. The van der Waals surface area contributed by atoms with Gasteiger partial charge in [-0.15, -0.1) is 0 Å². The number of methoxy groups -OCH3 is 1. The van der Waals surface area contributed by atoms with Gasteiger partial charge in [0, 0.05) is 18.6 Å². The van der Waals surface area contributed by atoms with E-state index in [1.165, 1.54) is 12.0 Å². The van der Waals surface area contributed by atoms with Crippen LogP contribution in [0, 0.1) is 0 Å². The summed E-state index contributed by atoms with van der Waals surface area (Å²) in [5.74, 6) is -0.0327. The minimum Gasteiger partial charge on any atom is -0.477 e. The second kappa shape index (κ2) is 7.74. The first-order valence-corrected chi connectivity index (χ1v) is 6.68. The Kier molecular flexibility index (Phi) is 6.30. The molecular weight excluding hydrogens is 328 g/mol. The first-order valence-electron chi connectivity index (χ1n) is 5.89. The third-order valence-electron chi connectivity index (χ3n) is 2.40. The average molecular weight is 345 g/mol. The lowest BCUT2D eigenvalue weighted by atomic mass is 10.3. The summed E-state index contributed by atoms with van der Waals surface area (Å²) in [7, 11) is 4.49. The lowest BCUT2D eigenvalue weighted by Gasteiger charge is -2.19. The Hall–Kier alpha value is -1.76. The molecule has 0 saturated heterocycles. The largest absolute Gasteiger partial charge is 0.477 e. The summed E-state index contributed by atoms with van der Waals surface area (Å²) in [5, 5.41) is 2.58. The third-order valence-corrected chi connectivity index (χ3v) is 2.93. The molecule has 7 heteroatoms. The molecule has 0 saturated carbocycles. The standard InChI is InChI=1S/C13H17BrN2O4/c1-16(2)13(18)15-8-11(12(17)19-3)20-10-6-4-9(14)5-7-10/h4-7,11H,8H2,1-3H3,(H,15,18). The van der Waals surface area contributed by atoms with Crippen LogP contribution >= 0.6 is 15.9 Å². The quantitative estimate of drug-likeness (QED) is 0.824. The Balaban J connectivity index is 2.67. The van der Waals surface area contributed by atoms with Crippen molar-refractivity contribution >= 4 is 27.9 Å². The van der Waals surface area contributed by atoms with Crippen molar-refractivity contribution < 1.29 is 19.1 Å². The predicted octanol–water partition coefficient (Wildman–Crippen LogP) is 1.64. The van der Waals surface area contributed by atoms with Crippen molar-refractivity contribution in [2.45, 2.75) is 6.10 Å². The Morgan fingerprint density at radius 3 is 2.40 bits per heavy atom. The topological polar surface area (TPSA) is 67.9 Å². The van der Waals surface area contributed by atoms with Crippen molar-refractivity contribution in [3.05, 3.63) is 28.7 Å². The summed E-state index contributed by atoms with van der Waals surface area (Å²) >= 11 is 3.31. The molecule has 1 rings (SSSR count). The number of hydrogen-bond acceptors (Lipinski definition) is 4. The SMILES string of the molecule is COC(=O)C(CNC(=O)N(C)C)Oc1ccc(Br)cc1. The number of ether oxygens (including phenoxy) is 2. The summed E-state index contributed by atoms with van der Waals surface area (Å²) in [6.45, 7) is 0.0275. The Labute approximate surface area is 126 Å². The van der Waals surface area contributed by atoms with Gasteiger partial charge in [-0.3, -0.25) is 0 Å². The van der Waals surface area contributed by atoms with Gasteiger partial charge < -0.3 is 19.7 Å². The van der Waals surface area contributed by atoms with E-state index < -0.39 is 12.1 Å². The molecule has 0 heterocycles. The Morgan fingerprint density at radius 2 is 1.90 bits per heavy atom. The van der Waals surface area contributed by atoms with Crippen LogP contribution in [0.3, 0.4) is 0 Å². The van der Waals surface area contributed by atoms with Crippen LogP contribution in [-0.2, 0) is 9.53 Å². The van der Waals surface area contributed by atoms with Gasteiger partial charge >= 0.3 is 12.0 Å². The molecule has 0 fully saturated rings. The zero-order valence-electron chi connectivity index (χ0n) is 11.6. The number of esters is 1. The molecule has 2 amide bonds. The molecule has 6 nitrogen and oxygen atoms in total. The molecule has 0 aromatic heterocycles. The molecule has 1 atom stereocenters. The van der Waals surface area contributed by atoms with Crippen molar-refractivity contribution in [2.24, 2.45) is 0 Å².